The van der Waals surface area contributed by atoms with Crippen LogP contribution in [0.15, 0.2) is 33.5 Å². The third-order valence-electron chi connectivity index (χ3n) is 4.55. The quantitative estimate of drug-likeness (QED) is 0.418. The van der Waals surface area contributed by atoms with Crippen molar-refractivity contribution in [2.75, 3.05) is 18.5 Å². The van der Waals surface area contributed by atoms with E-state index >= 15 is 0 Å². The number of benzene rings is 1. The first-order valence-electron chi connectivity index (χ1n) is 9.53. The molecule has 0 unspecified atom stereocenters. The molecule has 5 amide bonds. The number of ether oxygens (including phenoxy) is 1. The van der Waals surface area contributed by atoms with Crippen molar-refractivity contribution in [3.63, 3.8) is 0 Å². The fourth-order valence-corrected chi connectivity index (χ4v) is 3.10. The first-order chi connectivity index (χ1) is 14.3. The molecule has 0 atom stereocenters. The molecule has 2 aromatic rings. The molecular formula is C20H21N3O7. The van der Waals surface area contributed by atoms with Crippen molar-refractivity contribution in [3.8, 4) is 0 Å². The van der Waals surface area contributed by atoms with Gasteiger partial charge in [-0.25, -0.2) is 14.4 Å². The van der Waals surface area contributed by atoms with E-state index in [1.54, 1.807) is 19.1 Å². The van der Waals surface area contributed by atoms with Crippen LogP contribution in [-0.4, -0.2) is 46.9 Å². The van der Waals surface area contributed by atoms with E-state index in [0.29, 0.717) is 23.1 Å². The Morgan fingerprint density at radius 1 is 1.07 bits per heavy atom. The SMILES string of the molecule is CCCCN1C(=O)C(=O)N(Cc2cc(=O)oc3cc(NC(=O)OCC)ccc23)C1=O. The summed E-state index contributed by atoms with van der Waals surface area (Å²) in [6.45, 7) is 3.69. The van der Waals surface area contributed by atoms with E-state index in [0.717, 1.165) is 16.2 Å². The average Bonchev–Trinajstić information content (AvgIpc) is 2.89. The summed E-state index contributed by atoms with van der Waals surface area (Å²) in [5.41, 5.74) is 0.144. The Labute approximate surface area is 171 Å². The van der Waals surface area contributed by atoms with Gasteiger partial charge in [0.15, 0.2) is 0 Å². The molecular weight excluding hydrogens is 394 g/mol. The van der Waals surface area contributed by atoms with E-state index in [9.17, 15) is 24.0 Å². The zero-order valence-corrected chi connectivity index (χ0v) is 16.6. The smallest absolute Gasteiger partial charge is 0.411 e. The van der Waals surface area contributed by atoms with Crippen LogP contribution >= 0.6 is 0 Å². The molecule has 30 heavy (non-hydrogen) atoms. The summed E-state index contributed by atoms with van der Waals surface area (Å²) >= 11 is 0. The van der Waals surface area contributed by atoms with Gasteiger partial charge in [-0.15, -0.1) is 0 Å². The number of unbranched alkanes of at least 4 members (excludes halogenated alkanes) is 1. The Morgan fingerprint density at radius 2 is 1.80 bits per heavy atom. The summed E-state index contributed by atoms with van der Waals surface area (Å²) in [4.78, 5) is 62.3. The van der Waals surface area contributed by atoms with Crippen molar-refractivity contribution in [1.82, 2.24) is 9.80 Å². The lowest BCUT2D eigenvalue weighted by Gasteiger charge is -2.16. The second kappa shape index (κ2) is 8.76. The molecule has 0 saturated carbocycles. The topological polar surface area (TPSA) is 126 Å². The van der Waals surface area contributed by atoms with E-state index in [4.69, 9.17) is 9.15 Å². The summed E-state index contributed by atoms with van der Waals surface area (Å²) in [6.07, 6.45) is 0.694. The number of anilines is 1. The molecule has 1 aliphatic heterocycles. The Hall–Kier alpha value is -3.69. The number of rotatable bonds is 7. The molecule has 1 N–H and O–H groups in total. The molecule has 10 heteroatoms. The molecule has 1 aliphatic rings. The third-order valence-corrected chi connectivity index (χ3v) is 4.55. The molecule has 0 radical (unpaired) electrons. The van der Waals surface area contributed by atoms with Gasteiger partial charge in [-0.2, -0.15) is 0 Å². The van der Waals surface area contributed by atoms with Crippen LogP contribution in [0.25, 0.3) is 11.0 Å². The number of nitrogens with one attached hydrogen (secondary N) is 1. The first-order valence-corrected chi connectivity index (χ1v) is 9.53. The molecule has 1 aromatic heterocycles. The van der Waals surface area contributed by atoms with Gasteiger partial charge in [-0.05, 0) is 31.0 Å². The number of nitrogens with zero attached hydrogens (tertiary/aromatic N) is 2. The van der Waals surface area contributed by atoms with Crippen LogP contribution < -0.4 is 10.9 Å². The monoisotopic (exact) mass is 415 g/mol. The highest BCUT2D eigenvalue weighted by Gasteiger charge is 2.44. The van der Waals surface area contributed by atoms with Crippen molar-refractivity contribution in [2.45, 2.75) is 33.2 Å². The minimum atomic E-state index is -0.932. The van der Waals surface area contributed by atoms with Gasteiger partial charge in [0.2, 0.25) is 0 Å². The van der Waals surface area contributed by atoms with Gasteiger partial charge in [0.05, 0.1) is 13.2 Å². The maximum Gasteiger partial charge on any atom is 0.411 e. The van der Waals surface area contributed by atoms with Crippen LogP contribution in [0.3, 0.4) is 0 Å². The van der Waals surface area contributed by atoms with Gasteiger partial charge >= 0.3 is 29.6 Å². The van der Waals surface area contributed by atoms with Crippen LogP contribution in [-0.2, 0) is 20.9 Å². The molecule has 10 nitrogen and oxygen atoms in total. The van der Waals surface area contributed by atoms with Gasteiger partial charge < -0.3 is 9.15 Å². The van der Waals surface area contributed by atoms with Crippen LogP contribution in [0.4, 0.5) is 15.3 Å². The lowest BCUT2D eigenvalue weighted by atomic mass is 10.1. The average molecular weight is 415 g/mol. The zero-order valence-electron chi connectivity index (χ0n) is 16.6. The van der Waals surface area contributed by atoms with Crippen LogP contribution in [0.5, 0.6) is 0 Å². The number of fused-ring (bicyclic) bond motifs is 1. The van der Waals surface area contributed by atoms with Crippen molar-refractivity contribution >= 4 is 40.6 Å². The lowest BCUT2D eigenvalue weighted by Crippen LogP contribution is -2.33. The highest BCUT2D eigenvalue weighted by Crippen LogP contribution is 2.24. The predicted molar refractivity (Wildman–Crippen MR) is 106 cm³/mol. The molecule has 158 valence electrons. The van der Waals surface area contributed by atoms with Crippen molar-refractivity contribution in [1.29, 1.82) is 0 Å². The van der Waals surface area contributed by atoms with Crippen LogP contribution in [0.1, 0.15) is 32.3 Å². The minimum absolute atomic E-state index is 0.153. The number of hydrogen-bond donors (Lipinski definition) is 1. The molecule has 1 saturated heterocycles. The zero-order chi connectivity index (χ0) is 21.8. The predicted octanol–water partition coefficient (Wildman–Crippen LogP) is 2.45. The molecule has 3 rings (SSSR count). The fourth-order valence-electron chi connectivity index (χ4n) is 3.10. The standard InChI is InChI=1S/C20H21N3O7/c1-3-5-8-22-17(25)18(26)23(20(22)28)11-12-9-16(24)30-15-10-13(6-7-14(12)15)21-19(27)29-4-2/h6-7,9-10H,3-5,8,11H2,1-2H3,(H,21,27). The summed E-state index contributed by atoms with van der Waals surface area (Å²) in [6, 6.07) is 5.04. The summed E-state index contributed by atoms with van der Waals surface area (Å²) in [5.74, 6) is -1.81. The number of carbonyl (C=O) groups excluding carboxylic acids is 4. The Kier molecular flexibility index (Phi) is 6.14. The molecule has 0 spiro atoms. The van der Waals surface area contributed by atoms with E-state index in [1.165, 1.54) is 12.1 Å². The van der Waals surface area contributed by atoms with Crippen molar-refractivity contribution in [3.05, 3.63) is 40.2 Å². The van der Waals surface area contributed by atoms with Crippen molar-refractivity contribution in [2.24, 2.45) is 0 Å². The molecule has 0 aliphatic carbocycles. The van der Waals surface area contributed by atoms with Crippen molar-refractivity contribution < 1.29 is 28.3 Å². The summed E-state index contributed by atoms with van der Waals surface area (Å²) in [5, 5.41) is 2.96. The second-order valence-electron chi connectivity index (χ2n) is 6.63. The van der Waals surface area contributed by atoms with Gasteiger partial charge in [0.1, 0.15) is 5.58 Å². The van der Waals surface area contributed by atoms with Gasteiger partial charge in [-0.1, -0.05) is 13.3 Å². The highest BCUT2D eigenvalue weighted by atomic mass is 16.5. The van der Waals surface area contributed by atoms with E-state index < -0.39 is 29.6 Å². The molecule has 2 heterocycles. The van der Waals surface area contributed by atoms with E-state index in [1.807, 2.05) is 6.92 Å². The van der Waals surface area contributed by atoms with E-state index in [2.05, 4.69) is 5.32 Å². The first kappa shape index (κ1) is 21.0. The third kappa shape index (κ3) is 4.17. The Balaban J connectivity index is 1.90. The Bertz CT molecular complexity index is 1080. The number of carbonyl (C=O) groups is 4. The minimum Gasteiger partial charge on any atom is -0.450 e. The van der Waals surface area contributed by atoms with Crippen LogP contribution in [0.2, 0.25) is 0 Å². The Morgan fingerprint density at radius 3 is 2.50 bits per heavy atom. The number of urea groups is 1. The maximum absolute atomic E-state index is 12.5. The van der Waals surface area contributed by atoms with Gasteiger partial charge in [0, 0.05) is 29.8 Å². The normalized spacial score (nSPS) is 14.0. The second-order valence-corrected chi connectivity index (χ2v) is 6.63. The van der Waals surface area contributed by atoms with E-state index in [-0.39, 0.29) is 25.3 Å². The fraction of sp³-hybridized carbons (Fsp3) is 0.350. The number of imide groups is 2. The number of hydrogen-bond acceptors (Lipinski definition) is 7. The molecule has 1 fully saturated rings. The molecule has 0 bridgehead atoms. The maximum atomic E-state index is 12.5. The summed E-state index contributed by atoms with van der Waals surface area (Å²) < 4.78 is 9.99. The van der Waals surface area contributed by atoms with Gasteiger partial charge in [0.25, 0.3) is 0 Å². The van der Waals surface area contributed by atoms with Crippen LogP contribution in [0, 0.1) is 0 Å². The van der Waals surface area contributed by atoms with Gasteiger partial charge in [-0.3, -0.25) is 24.7 Å². The highest BCUT2D eigenvalue weighted by molar-refractivity contribution is 6.44. The molecule has 1 aromatic carbocycles. The largest absolute Gasteiger partial charge is 0.450 e. The lowest BCUT2D eigenvalue weighted by molar-refractivity contribution is -0.143. The summed E-state index contributed by atoms with van der Waals surface area (Å²) in [7, 11) is 0. The number of amides is 5.